The molecule has 0 aromatic heterocycles. The number of hydrogen-bond donors (Lipinski definition) is 1. The summed E-state index contributed by atoms with van der Waals surface area (Å²) in [5.41, 5.74) is 3.82. The maximum atomic E-state index is 11.6. The second kappa shape index (κ2) is 5.29. The Hall–Kier alpha value is -1.72. The van der Waals surface area contributed by atoms with E-state index >= 15 is 0 Å². The van der Waals surface area contributed by atoms with Gasteiger partial charge in [0.15, 0.2) is 0 Å². The fourth-order valence-electron chi connectivity index (χ4n) is 1.44. The molecule has 1 N–H and O–H groups in total. The first-order valence-electron chi connectivity index (χ1n) is 5.19. The van der Waals surface area contributed by atoms with Crippen LogP contribution in [-0.2, 0) is 9.24 Å². The Bertz CT molecular complexity index is 602. The van der Waals surface area contributed by atoms with Gasteiger partial charge in [-0.25, -0.2) is 0 Å². The number of halogens is 1. The predicted molar refractivity (Wildman–Crippen MR) is 73.8 cm³/mol. The van der Waals surface area contributed by atoms with Gasteiger partial charge in [0.05, 0.1) is 11.4 Å². The van der Waals surface area contributed by atoms with Crippen molar-refractivity contribution < 1.29 is 8.42 Å². The lowest BCUT2D eigenvalue weighted by atomic mass is 10.3. The van der Waals surface area contributed by atoms with Crippen molar-refractivity contribution in [3.8, 4) is 0 Å². The first kappa shape index (κ1) is 12.7. The van der Waals surface area contributed by atoms with Crippen molar-refractivity contribution in [1.82, 2.24) is 0 Å². The number of nitrogens with zero attached hydrogens (tertiary/aromatic N) is 1. The van der Waals surface area contributed by atoms with Crippen LogP contribution in [0.4, 0.5) is 11.4 Å². The first-order chi connectivity index (χ1) is 8.57. The Kier molecular flexibility index (Phi) is 3.74. The molecule has 6 heteroatoms. The van der Waals surface area contributed by atoms with Gasteiger partial charge in [-0.2, -0.15) is 12.8 Å². The quantitative estimate of drug-likeness (QED) is 0.693. The third kappa shape index (κ3) is 3.15. The van der Waals surface area contributed by atoms with Gasteiger partial charge < -0.3 is 0 Å². The van der Waals surface area contributed by atoms with Crippen LogP contribution in [0.2, 0.25) is 0 Å². The second-order valence-corrected chi connectivity index (χ2v) is 5.88. The van der Waals surface area contributed by atoms with Crippen LogP contribution < -0.4 is 9.84 Å². The molecule has 0 aliphatic rings. The van der Waals surface area contributed by atoms with Gasteiger partial charge in [-0.3, -0.25) is 5.43 Å². The molecule has 2 aromatic carbocycles. The van der Waals surface area contributed by atoms with Crippen LogP contribution in [0.5, 0.6) is 0 Å². The molecular weight excluding hydrogens is 272 g/mol. The molecule has 18 heavy (non-hydrogen) atoms. The van der Waals surface area contributed by atoms with E-state index in [9.17, 15) is 8.42 Å². The summed E-state index contributed by atoms with van der Waals surface area (Å²) in [5, 5.41) is 0. The normalized spacial score (nSPS) is 10.9. The minimum Gasteiger partial charge on any atom is -0.284 e. The van der Waals surface area contributed by atoms with Gasteiger partial charge >= 0.3 is 9.24 Å². The summed E-state index contributed by atoms with van der Waals surface area (Å²) >= 11 is 0. The van der Waals surface area contributed by atoms with E-state index in [1.165, 1.54) is 0 Å². The highest BCUT2D eigenvalue weighted by Crippen LogP contribution is 2.21. The van der Waals surface area contributed by atoms with Gasteiger partial charge in [-0.05, 0) is 24.3 Å². The van der Waals surface area contributed by atoms with Gasteiger partial charge in [0.1, 0.15) is 0 Å². The first-order valence-corrected chi connectivity index (χ1v) is 7.46. The molecule has 2 aromatic rings. The summed E-state index contributed by atoms with van der Waals surface area (Å²) in [7, 11) is 1.50. The molecule has 0 fully saturated rings. The second-order valence-electron chi connectivity index (χ2n) is 3.52. The van der Waals surface area contributed by atoms with Gasteiger partial charge in [-0.1, -0.05) is 36.4 Å². The molecule has 0 saturated carbocycles. The highest BCUT2D eigenvalue weighted by molar-refractivity contribution is 8.14. The molecule has 0 bridgehead atoms. The highest BCUT2D eigenvalue weighted by atomic mass is 35.7. The minimum absolute atomic E-state index is 0.441. The number of hydrazine groups is 1. The smallest absolute Gasteiger partial charge is 0.284 e. The van der Waals surface area contributed by atoms with E-state index in [-0.39, 0.29) is 0 Å². The van der Waals surface area contributed by atoms with Gasteiger partial charge in [-0.15, -0.1) is 0 Å². The Morgan fingerprint density at radius 2 is 1.39 bits per heavy atom. The Balaban J connectivity index is 2.34. The van der Waals surface area contributed by atoms with E-state index in [0.29, 0.717) is 11.4 Å². The molecule has 0 aliphatic carbocycles. The van der Waals surface area contributed by atoms with Crippen molar-refractivity contribution in [2.24, 2.45) is 0 Å². The highest BCUT2D eigenvalue weighted by Gasteiger charge is 2.19. The lowest BCUT2D eigenvalue weighted by Crippen LogP contribution is -2.32. The van der Waals surface area contributed by atoms with Gasteiger partial charge in [0.2, 0.25) is 0 Å². The molecule has 0 spiro atoms. The number of nitrogens with one attached hydrogen (secondary N) is 1. The predicted octanol–water partition coefficient (Wildman–Crippen LogP) is 3.00. The van der Waals surface area contributed by atoms with E-state index in [0.717, 1.165) is 4.41 Å². The van der Waals surface area contributed by atoms with Gasteiger partial charge in [0, 0.05) is 10.7 Å². The van der Waals surface area contributed by atoms with E-state index in [2.05, 4.69) is 5.43 Å². The van der Waals surface area contributed by atoms with E-state index < -0.39 is 9.24 Å². The average molecular weight is 283 g/mol. The van der Waals surface area contributed by atoms with E-state index in [4.69, 9.17) is 10.7 Å². The summed E-state index contributed by atoms with van der Waals surface area (Å²) in [6, 6.07) is 17.5. The number of para-hydroxylation sites is 2. The van der Waals surface area contributed by atoms with Crippen molar-refractivity contribution in [2.75, 3.05) is 9.84 Å². The van der Waals surface area contributed by atoms with Crippen LogP contribution in [0.25, 0.3) is 0 Å². The summed E-state index contributed by atoms with van der Waals surface area (Å²) in [4.78, 5) is 0. The largest absolute Gasteiger partial charge is 0.339 e. The van der Waals surface area contributed by atoms with Crippen LogP contribution in [0, 0.1) is 0 Å². The maximum absolute atomic E-state index is 11.6. The third-order valence-electron chi connectivity index (χ3n) is 2.21. The van der Waals surface area contributed by atoms with E-state index in [1.807, 2.05) is 6.07 Å². The topological polar surface area (TPSA) is 49.4 Å². The molecule has 0 unspecified atom stereocenters. The standard InChI is InChI=1S/C12H11ClN2O2S/c13-18(16,17)15(12-9-5-2-6-10-12)14-11-7-3-1-4-8-11/h1-10,14H. The maximum Gasteiger partial charge on any atom is 0.339 e. The Labute approximate surface area is 110 Å². The average Bonchev–Trinajstić information content (AvgIpc) is 2.37. The molecule has 2 rings (SSSR count). The van der Waals surface area contributed by atoms with E-state index in [1.54, 1.807) is 54.6 Å². The summed E-state index contributed by atoms with van der Waals surface area (Å²) < 4.78 is 24.1. The van der Waals surface area contributed by atoms with Crippen molar-refractivity contribution >= 4 is 31.3 Å². The molecule has 0 aliphatic heterocycles. The number of benzene rings is 2. The Morgan fingerprint density at radius 1 is 0.889 bits per heavy atom. The number of rotatable bonds is 4. The van der Waals surface area contributed by atoms with Crippen LogP contribution in [-0.4, -0.2) is 8.42 Å². The minimum atomic E-state index is -3.92. The molecule has 0 amide bonds. The lowest BCUT2D eigenvalue weighted by molar-refractivity contribution is 0.608. The van der Waals surface area contributed by atoms with Crippen LogP contribution in [0.3, 0.4) is 0 Å². The summed E-state index contributed by atoms with van der Waals surface area (Å²) in [6.07, 6.45) is 0. The monoisotopic (exact) mass is 282 g/mol. The SMILES string of the molecule is O=S(=O)(Cl)N(Nc1ccccc1)c1ccccc1. The van der Waals surface area contributed by atoms with Crippen LogP contribution in [0.1, 0.15) is 0 Å². The molecule has 0 heterocycles. The molecule has 0 radical (unpaired) electrons. The fourth-order valence-corrected chi connectivity index (χ4v) is 2.37. The molecule has 94 valence electrons. The zero-order chi connectivity index (χ0) is 13.0. The lowest BCUT2D eigenvalue weighted by Gasteiger charge is -2.22. The zero-order valence-corrected chi connectivity index (χ0v) is 10.9. The van der Waals surface area contributed by atoms with Crippen molar-refractivity contribution in [2.45, 2.75) is 0 Å². The van der Waals surface area contributed by atoms with Crippen molar-refractivity contribution in [3.05, 3.63) is 60.7 Å². The van der Waals surface area contributed by atoms with Crippen LogP contribution in [0.15, 0.2) is 60.7 Å². The van der Waals surface area contributed by atoms with Crippen molar-refractivity contribution in [1.29, 1.82) is 0 Å². The Morgan fingerprint density at radius 3 is 1.89 bits per heavy atom. The van der Waals surface area contributed by atoms with Crippen molar-refractivity contribution in [3.63, 3.8) is 0 Å². The zero-order valence-electron chi connectivity index (χ0n) is 9.32. The van der Waals surface area contributed by atoms with Gasteiger partial charge in [0.25, 0.3) is 0 Å². The molecule has 0 saturated heterocycles. The molecule has 4 nitrogen and oxygen atoms in total. The fraction of sp³-hybridized carbons (Fsp3) is 0. The number of anilines is 2. The molecule has 0 atom stereocenters. The number of hydrogen-bond acceptors (Lipinski definition) is 3. The van der Waals surface area contributed by atoms with Crippen LogP contribution >= 0.6 is 10.7 Å². The third-order valence-corrected chi connectivity index (χ3v) is 3.37. The summed E-state index contributed by atoms with van der Waals surface area (Å²) in [6.45, 7) is 0. The summed E-state index contributed by atoms with van der Waals surface area (Å²) in [5.74, 6) is 0. The molecular formula is C12H11ClN2O2S.